The van der Waals surface area contributed by atoms with Crippen LogP contribution < -0.4 is 5.32 Å². The lowest BCUT2D eigenvalue weighted by Crippen LogP contribution is -2.13. The van der Waals surface area contributed by atoms with Gasteiger partial charge >= 0.3 is 0 Å². The number of nitrogens with one attached hydrogen (secondary N) is 1. The standard InChI is InChI=1S/C14H15N5S/c1-10(15-2)11-6-5-8-16-13(11)20-14-18-17-12-7-3-4-9-19(12)14/h3-10,15H,1-2H3. The molecule has 3 aromatic rings. The van der Waals surface area contributed by atoms with Crippen molar-refractivity contribution in [3.63, 3.8) is 0 Å². The maximum atomic E-state index is 4.47. The molecule has 3 heterocycles. The first kappa shape index (κ1) is 13.1. The molecule has 0 amide bonds. The first-order chi connectivity index (χ1) is 9.79. The van der Waals surface area contributed by atoms with Gasteiger partial charge in [0.2, 0.25) is 5.16 Å². The maximum Gasteiger partial charge on any atom is 0.201 e. The van der Waals surface area contributed by atoms with Gasteiger partial charge < -0.3 is 5.32 Å². The van der Waals surface area contributed by atoms with Crippen molar-refractivity contribution < 1.29 is 0 Å². The van der Waals surface area contributed by atoms with Crippen molar-refractivity contribution in [3.8, 4) is 0 Å². The minimum absolute atomic E-state index is 0.241. The molecule has 3 aromatic heterocycles. The molecular weight excluding hydrogens is 270 g/mol. The minimum Gasteiger partial charge on any atom is -0.313 e. The molecule has 0 aromatic carbocycles. The molecule has 3 rings (SSSR count). The summed E-state index contributed by atoms with van der Waals surface area (Å²) in [4.78, 5) is 4.47. The molecule has 1 atom stereocenters. The van der Waals surface area contributed by atoms with Crippen molar-refractivity contribution in [2.45, 2.75) is 23.1 Å². The van der Waals surface area contributed by atoms with Gasteiger partial charge in [-0.25, -0.2) is 4.98 Å². The highest BCUT2D eigenvalue weighted by molar-refractivity contribution is 7.99. The molecule has 20 heavy (non-hydrogen) atoms. The largest absolute Gasteiger partial charge is 0.313 e. The quantitative estimate of drug-likeness (QED) is 0.798. The van der Waals surface area contributed by atoms with Gasteiger partial charge in [0.1, 0.15) is 5.03 Å². The molecule has 6 heteroatoms. The molecule has 0 saturated carbocycles. The van der Waals surface area contributed by atoms with Gasteiger partial charge in [-0.1, -0.05) is 12.1 Å². The molecule has 102 valence electrons. The number of nitrogens with zero attached hydrogens (tertiary/aromatic N) is 4. The molecule has 0 bridgehead atoms. The molecule has 0 spiro atoms. The molecule has 0 aliphatic heterocycles. The van der Waals surface area contributed by atoms with Crippen LogP contribution in [-0.2, 0) is 0 Å². The Morgan fingerprint density at radius 1 is 1.20 bits per heavy atom. The van der Waals surface area contributed by atoms with Crippen LogP contribution in [0.1, 0.15) is 18.5 Å². The molecule has 1 N–H and O–H groups in total. The van der Waals surface area contributed by atoms with Crippen molar-refractivity contribution in [2.75, 3.05) is 7.05 Å². The monoisotopic (exact) mass is 285 g/mol. The van der Waals surface area contributed by atoms with Crippen LogP contribution in [0.4, 0.5) is 0 Å². The second-order valence-corrected chi connectivity index (χ2v) is 5.38. The van der Waals surface area contributed by atoms with Gasteiger partial charge in [0.05, 0.1) is 0 Å². The molecule has 0 saturated heterocycles. The average molecular weight is 285 g/mol. The van der Waals surface area contributed by atoms with Crippen LogP contribution in [0.2, 0.25) is 0 Å². The fourth-order valence-electron chi connectivity index (χ4n) is 1.95. The Labute approximate surface area is 121 Å². The van der Waals surface area contributed by atoms with Crippen LogP contribution in [0.3, 0.4) is 0 Å². The Kier molecular flexibility index (Phi) is 3.66. The maximum absolute atomic E-state index is 4.47. The zero-order valence-electron chi connectivity index (χ0n) is 11.3. The van der Waals surface area contributed by atoms with Crippen molar-refractivity contribution in [2.24, 2.45) is 0 Å². The van der Waals surface area contributed by atoms with E-state index in [0.29, 0.717) is 0 Å². The van der Waals surface area contributed by atoms with E-state index in [1.54, 1.807) is 6.20 Å². The smallest absolute Gasteiger partial charge is 0.201 e. The van der Waals surface area contributed by atoms with Gasteiger partial charge in [0.15, 0.2) is 5.65 Å². The third kappa shape index (κ3) is 2.39. The fraction of sp³-hybridized carbons (Fsp3) is 0.214. The van der Waals surface area contributed by atoms with Crippen LogP contribution in [0, 0.1) is 0 Å². The third-order valence-corrected chi connectivity index (χ3v) is 4.17. The first-order valence-electron chi connectivity index (χ1n) is 6.39. The molecule has 0 radical (unpaired) electrons. The van der Waals surface area contributed by atoms with Gasteiger partial charge in [0.25, 0.3) is 0 Å². The lowest BCUT2D eigenvalue weighted by atomic mass is 10.1. The highest BCUT2D eigenvalue weighted by atomic mass is 32.2. The highest BCUT2D eigenvalue weighted by Crippen LogP contribution is 2.30. The summed E-state index contributed by atoms with van der Waals surface area (Å²) < 4.78 is 1.97. The molecule has 5 nitrogen and oxygen atoms in total. The van der Waals surface area contributed by atoms with E-state index >= 15 is 0 Å². The molecule has 1 unspecified atom stereocenters. The van der Waals surface area contributed by atoms with E-state index in [1.165, 1.54) is 11.8 Å². The van der Waals surface area contributed by atoms with Crippen molar-refractivity contribution >= 4 is 17.4 Å². The zero-order valence-corrected chi connectivity index (χ0v) is 12.1. The van der Waals surface area contributed by atoms with E-state index in [0.717, 1.165) is 21.4 Å². The Morgan fingerprint density at radius 2 is 2.10 bits per heavy atom. The second kappa shape index (κ2) is 5.60. The summed E-state index contributed by atoms with van der Waals surface area (Å²) in [7, 11) is 1.94. The third-order valence-electron chi connectivity index (χ3n) is 3.17. The number of aromatic nitrogens is 4. The summed E-state index contributed by atoms with van der Waals surface area (Å²) in [6.07, 6.45) is 3.76. The Hall–Kier alpha value is -1.92. The SMILES string of the molecule is CNC(C)c1cccnc1Sc1nnc2ccccn12. The minimum atomic E-state index is 0.241. The van der Waals surface area contributed by atoms with Crippen LogP contribution >= 0.6 is 11.8 Å². The zero-order chi connectivity index (χ0) is 13.9. The van der Waals surface area contributed by atoms with Crippen LogP contribution in [0.15, 0.2) is 52.9 Å². The highest BCUT2D eigenvalue weighted by Gasteiger charge is 2.14. The summed E-state index contributed by atoms with van der Waals surface area (Å²) in [6.45, 7) is 2.11. The molecule has 0 aliphatic carbocycles. The van der Waals surface area contributed by atoms with Gasteiger partial charge in [-0.3, -0.25) is 4.40 Å². The fourth-order valence-corrected chi connectivity index (χ4v) is 2.93. The van der Waals surface area contributed by atoms with E-state index < -0.39 is 0 Å². The van der Waals surface area contributed by atoms with E-state index in [-0.39, 0.29) is 6.04 Å². The predicted molar refractivity (Wildman–Crippen MR) is 78.8 cm³/mol. The van der Waals surface area contributed by atoms with Gasteiger partial charge in [-0.2, -0.15) is 0 Å². The Bertz CT molecular complexity index is 724. The Balaban J connectivity index is 1.99. The average Bonchev–Trinajstić information content (AvgIpc) is 2.90. The van der Waals surface area contributed by atoms with E-state index in [4.69, 9.17) is 0 Å². The number of hydrogen-bond donors (Lipinski definition) is 1. The summed E-state index contributed by atoms with van der Waals surface area (Å²) >= 11 is 1.53. The summed E-state index contributed by atoms with van der Waals surface area (Å²) in [5.41, 5.74) is 2.00. The normalized spacial score (nSPS) is 12.7. The summed E-state index contributed by atoms with van der Waals surface area (Å²) in [5, 5.41) is 13.4. The molecule has 0 aliphatic rings. The Morgan fingerprint density at radius 3 is 2.95 bits per heavy atom. The van der Waals surface area contributed by atoms with Crippen molar-refractivity contribution in [1.29, 1.82) is 0 Å². The molecule has 0 fully saturated rings. The van der Waals surface area contributed by atoms with E-state index in [9.17, 15) is 0 Å². The molecular formula is C14H15N5S. The lowest BCUT2D eigenvalue weighted by molar-refractivity contribution is 0.634. The van der Waals surface area contributed by atoms with Crippen LogP contribution in [0.25, 0.3) is 5.65 Å². The van der Waals surface area contributed by atoms with Crippen molar-refractivity contribution in [1.82, 2.24) is 24.9 Å². The first-order valence-corrected chi connectivity index (χ1v) is 7.21. The van der Waals surface area contributed by atoms with Gasteiger partial charge in [-0.05, 0) is 43.9 Å². The van der Waals surface area contributed by atoms with Crippen LogP contribution in [-0.4, -0.2) is 26.6 Å². The van der Waals surface area contributed by atoms with Gasteiger partial charge in [0, 0.05) is 24.0 Å². The number of fused-ring (bicyclic) bond motifs is 1. The van der Waals surface area contributed by atoms with Gasteiger partial charge in [-0.15, -0.1) is 10.2 Å². The number of rotatable bonds is 4. The summed E-state index contributed by atoms with van der Waals surface area (Å²) in [5.74, 6) is 0. The lowest BCUT2D eigenvalue weighted by Gasteiger charge is -2.13. The topological polar surface area (TPSA) is 55.1 Å². The number of hydrogen-bond acceptors (Lipinski definition) is 5. The van der Waals surface area contributed by atoms with Crippen molar-refractivity contribution in [3.05, 3.63) is 48.3 Å². The predicted octanol–water partition coefficient (Wildman–Crippen LogP) is 2.56. The van der Waals surface area contributed by atoms with E-state index in [2.05, 4.69) is 33.5 Å². The van der Waals surface area contributed by atoms with E-state index in [1.807, 2.05) is 41.9 Å². The second-order valence-electron chi connectivity index (χ2n) is 4.42. The summed E-state index contributed by atoms with van der Waals surface area (Å²) in [6, 6.07) is 10.1. The number of pyridine rings is 2. The van der Waals surface area contributed by atoms with Crippen LogP contribution in [0.5, 0.6) is 0 Å².